The molecule has 3 rings (SSSR count). The van der Waals surface area contributed by atoms with Gasteiger partial charge in [-0.15, -0.1) is 0 Å². The highest BCUT2D eigenvalue weighted by molar-refractivity contribution is 6.30. The molecule has 0 aliphatic carbocycles. The molecular weight excluding hydrogens is 357 g/mol. The molecule has 1 heterocycles. The van der Waals surface area contributed by atoms with Crippen LogP contribution >= 0.6 is 23.2 Å². The number of halogens is 2. The second kappa shape index (κ2) is 6.12. The first-order valence-electron chi connectivity index (χ1n) is 7.00. The Balaban J connectivity index is 2.19. The highest BCUT2D eigenvalue weighted by Crippen LogP contribution is 2.53. The molecular formula is C16H13Cl2NO5. The van der Waals surface area contributed by atoms with Gasteiger partial charge in [0.2, 0.25) is 6.10 Å². The van der Waals surface area contributed by atoms with Crippen LogP contribution in [-0.2, 0) is 0 Å². The van der Waals surface area contributed by atoms with Gasteiger partial charge in [0.15, 0.2) is 17.6 Å². The topological polar surface area (TPSA) is 81.8 Å². The minimum absolute atomic E-state index is 0.200. The highest BCUT2D eigenvalue weighted by atomic mass is 35.5. The number of hydrogen-bond acceptors (Lipinski definition) is 5. The summed E-state index contributed by atoms with van der Waals surface area (Å²) in [5, 5.41) is 22.8. The average molecular weight is 370 g/mol. The van der Waals surface area contributed by atoms with Gasteiger partial charge in [0.1, 0.15) is 0 Å². The van der Waals surface area contributed by atoms with Crippen LogP contribution in [-0.4, -0.2) is 22.1 Å². The lowest BCUT2D eigenvalue weighted by molar-refractivity contribution is -0.570. The fraction of sp³-hybridized carbons (Fsp3) is 0.250. The Hall–Kier alpha value is -2.02. The fourth-order valence-corrected chi connectivity index (χ4v) is 3.15. The van der Waals surface area contributed by atoms with E-state index in [-0.39, 0.29) is 11.3 Å². The summed E-state index contributed by atoms with van der Waals surface area (Å²) in [6.45, 7) is 0. The van der Waals surface area contributed by atoms with Crippen molar-refractivity contribution in [3.63, 3.8) is 0 Å². The van der Waals surface area contributed by atoms with E-state index in [2.05, 4.69) is 0 Å². The summed E-state index contributed by atoms with van der Waals surface area (Å²) in [6.07, 6.45) is -2.82. The molecule has 0 aromatic heterocycles. The number of para-hydroxylation sites is 1. The Kier molecular flexibility index (Phi) is 4.29. The molecule has 3 atom stereocenters. The van der Waals surface area contributed by atoms with Crippen LogP contribution in [0.15, 0.2) is 42.5 Å². The largest absolute Gasteiger partial charge is 0.493 e. The maximum absolute atomic E-state index is 11.7. The summed E-state index contributed by atoms with van der Waals surface area (Å²) in [7, 11) is 1.44. The monoisotopic (exact) mass is 369 g/mol. The van der Waals surface area contributed by atoms with Gasteiger partial charge in [-0.1, -0.05) is 35.9 Å². The number of benzene rings is 2. The van der Waals surface area contributed by atoms with Crippen LogP contribution in [0.2, 0.25) is 5.02 Å². The lowest BCUT2D eigenvalue weighted by Crippen LogP contribution is -2.49. The summed E-state index contributed by atoms with van der Waals surface area (Å²) in [4.78, 5) is 8.66. The van der Waals surface area contributed by atoms with Gasteiger partial charge in [0, 0.05) is 16.1 Å². The number of alkyl halides is 1. The third kappa shape index (κ3) is 2.47. The Morgan fingerprint density at radius 3 is 2.54 bits per heavy atom. The van der Waals surface area contributed by atoms with E-state index in [4.69, 9.17) is 32.7 Å². The quantitative estimate of drug-likeness (QED) is 0.385. The molecule has 2 aromatic carbocycles. The van der Waals surface area contributed by atoms with Gasteiger partial charge in [0.05, 0.1) is 12.0 Å². The lowest BCUT2D eigenvalue weighted by Gasteiger charge is -2.37. The number of nitrogens with zero attached hydrogens (tertiary/aromatic N) is 1. The first-order chi connectivity index (χ1) is 11.4. The van der Waals surface area contributed by atoms with Crippen molar-refractivity contribution in [3.8, 4) is 11.5 Å². The predicted molar refractivity (Wildman–Crippen MR) is 88.4 cm³/mol. The second-order valence-electron chi connectivity index (χ2n) is 5.32. The second-order valence-corrected chi connectivity index (χ2v) is 6.36. The smallest absolute Gasteiger partial charge is 0.364 e. The normalized spacial score (nSPS) is 25.5. The zero-order valence-electron chi connectivity index (χ0n) is 12.5. The van der Waals surface area contributed by atoms with Crippen LogP contribution in [0.4, 0.5) is 0 Å². The van der Waals surface area contributed by atoms with E-state index >= 15 is 0 Å². The van der Waals surface area contributed by atoms with E-state index in [0.29, 0.717) is 16.3 Å². The molecule has 0 spiro atoms. The molecule has 0 radical (unpaired) electrons. The number of fused-ring (bicyclic) bond motifs is 1. The van der Waals surface area contributed by atoms with Crippen molar-refractivity contribution in [1.29, 1.82) is 0 Å². The van der Waals surface area contributed by atoms with Crippen molar-refractivity contribution in [1.82, 2.24) is 0 Å². The van der Waals surface area contributed by atoms with Crippen LogP contribution < -0.4 is 9.47 Å². The van der Waals surface area contributed by atoms with Gasteiger partial charge in [0.25, 0.3) is 0 Å². The van der Waals surface area contributed by atoms with Crippen LogP contribution in [0.3, 0.4) is 0 Å². The van der Waals surface area contributed by atoms with Crippen LogP contribution in [0, 0.1) is 10.1 Å². The summed E-state index contributed by atoms with van der Waals surface area (Å²) >= 11 is 12.1. The Morgan fingerprint density at radius 1 is 1.29 bits per heavy atom. The molecule has 126 valence electrons. The minimum Gasteiger partial charge on any atom is -0.493 e. The molecule has 1 aliphatic rings. The van der Waals surface area contributed by atoms with Gasteiger partial charge in [-0.2, -0.15) is 0 Å². The third-order valence-corrected chi connectivity index (χ3v) is 4.76. The molecule has 2 aromatic rings. The summed E-state index contributed by atoms with van der Waals surface area (Å²) in [5.41, 5.74) is 0.618. The first-order valence-corrected chi connectivity index (χ1v) is 7.75. The van der Waals surface area contributed by atoms with Gasteiger partial charge >= 0.3 is 5.00 Å². The number of nitro groups is 1. The molecule has 0 fully saturated rings. The van der Waals surface area contributed by atoms with E-state index < -0.39 is 22.1 Å². The van der Waals surface area contributed by atoms with E-state index in [1.165, 1.54) is 13.2 Å². The van der Waals surface area contributed by atoms with Crippen LogP contribution in [0.1, 0.15) is 23.3 Å². The predicted octanol–water partition coefficient (Wildman–Crippen LogP) is 3.73. The molecule has 0 bridgehead atoms. The van der Waals surface area contributed by atoms with E-state index in [1.54, 1.807) is 36.4 Å². The standard InChI is InChI=1S/C16H13Cl2NO5/c1-23-12-4-2-3-11-13(12)24-15(9-5-7-10(17)8-6-9)16(18,14(11)20)19(21)22/h2-8,14-15,20H,1H3/t14-,15-,16+/m1/s1. The molecule has 0 unspecified atom stereocenters. The molecule has 0 saturated heterocycles. The Morgan fingerprint density at radius 2 is 1.96 bits per heavy atom. The fourth-order valence-electron chi connectivity index (χ4n) is 2.73. The number of ether oxygens (including phenoxy) is 2. The minimum atomic E-state index is -2.28. The maximum Gasteiger partial charge on any atom is 0.364 e. The van der Waals surface area contributed by atoms with E-state index in [0.717, 1.165) is 0 Å². The zero-order chi connectivity index (χ0) is 17.5. The van der Waals surface area contributed by atoms with Crippen molar-refractivity contribution in [2.45, 2.75) is 17.2 Å². The highest BCUT2D eigenvalue weighted by Gasteiger charge is 2.62. The Labute approximate surface area is 147 Å². The molecule has 8 heteroatoms. The summed E-state index contributed by atoms with van der Waals surface area (Å²) in [6, 6.07) is 11.0. The van der Waals surface area contributed by atoms with E-state index in [1.807, 2.05) is 0 Å². The zero-order valence-corrected chi connectivity index (χ0v) is 14.0. The van der Waals surface area contributed by atoms with Crippen molar-refractivity contribution >= 4 is 23.2 Å². The molecule has 1 aliphatic heterocycles. The van der Waals surface area contributed by atoms with Crippen LogP contribution in [0.25, 0.3) is 0 Å². The van der Waals surface area contributed by atoms with Gasteiger partial charge in [-0.05, 0) is 29.8 Å². The number of aliphatic hydroxyl groups is 1. The number of aliphatic hydroxyl groups excluding tert-OH is 1. The maximum atomic E-state index is 11.7. The molecule has 24 heavy (non-hydrogen) atoms. The number of rotatable bonds is 3. The average Bonchev–Trinajstić information content (AvgIpc) is 2.58. The molecule has 0 amide bonds. The van der Waals surface area contributed by atoms with Crippen molar-refractivity contribution < 1.29 is 19.5 Å². The van der Waals surface area contributed by atoms with Crippen LogP contribution in [0.5, 0.6) is 11.5 Å². The van der Waals surface area contributed by atoms with Gasteiger partial charge in [-0.25, -0.2) is 0 Å². The van der Waals surface area contributed by atoms with Crippen molar-refractivity contribution in [3.05, 3.63) is 68.7 Å². The summed E-state index contributed by atoms with van der Waals surface area (Å²) < 4.78 is 11.0. The first kappa shape index (κ1) is 16.8. The van der Waals surface area contributed by atoms with Gasteiger partial charge < -0.3 is 14.6 Å². The number of hydrogen-bond donors (Lipinski definition) is 1. The van der Waals surface area contributed by atoms with Crippen molar-refractivity contribution in [2.75, 3.05) is 7.11 Å². The summed E-state index contributed by atoms with van der Waals surface area (Å²) in [5.74, 6) is 0.582. The molecule has 6 nitrogen and oxygen atoms in total. The molecule has 0 saturated carbocycles. The Bertz CT molecular complexity index is 783. The molecule has 1 N–H and O–H groups in total. The lowest BCUT2D eigenvalue weighted by atomic mass is 9.89. The van der Waals surface area contributed by atoms with E-state index in [9.17, 15) is 15.2 Å². The SMILES string of the molecule is COc1cccc2c1O[C@H](c1ccc(Cl)cc1)[C@@](Cl)([N+](=O)[O-])[C@@H]2O. The number of methoxy groups -OCH3 is 1. The van der Waals surface area contributed by atoms with Gasteiger partial charge in [-0.3, -0.25) is 10.1 Å². The third-order valence-electron chi connectivity index (χ3n) is 3.96. The van der Waals surface area contributed by atoms with Crippen molar-refractivity contribution in [2.24, 2.45) is 0 Å².